The lowest BCUT2D eigenvalue weighted by Gasteiger charge is -2.18. The molecule has 0 spiro atoms. The highest BCUT2D eigenvalue weighted by Crippen LogP contribution is 2.33. The zero-order chi connectivity index (χ0) is 13.1. The van der Waals surface area contributed by atoms with Crippen molar-refractivity contribution >= 4 is 17.6 Å². The summed E-state index contributed by atoms with van der Waals surface area (Å²) >= 11 is 5.82. The molecule has 0 bridgehead atoms. The highest BCUT2D eigenvalue weighted by Gasteiger charge is 2.28. The van der Waals surface area contributed by atoms with Crippen molar-refractivity contribution in [1.82, 2.24) is 5.06 Å². The summed E-state index contributed by atoms with van der Waals surface area (Å²) in [5.41, 5.74) is 5.99. The van der Waals surface area contributed by atoms with Gasteiger partial charge in [-0.1, -0.05) is 23.7 Å². The number of primary amides is 1. The molecule has 2 unspecified atom stereocenters. The largest absolute Gasteiger partial charge is 0.368 e. The summed E-state index contributed by atoms with van der Waals surface area (Å²) < 4.78 is 5.76. The van der Waals surface area contributed by atoms with Crippen molar-refractivity contribution in [3.05, 3.63) is 34.9 Å². The SMILES string of the molecule is NC(=O)N(O)CC1CCC(c2ccc(Cl)cc2)O1. The third kappa shape index (κ3) is 3.13. The average Bonchev–Trinajstić information content (AvgIpc) is 2.78. The molecule has 1 saturated heterocycles. The van der Waals surface area contributed by atoms with Crippen molar-refractivity contribution in [2.24, 2.45) is 5.73 Å². The molecular weight excluding hydrogens is 256 g/mol. The third-order valence-electron chi connectivity index (χ3n) is 2.98. The Balaban J connectivity index is 1.92. The van der Waals surface area contributed by atoms with Gasteiger partial charge in [0.1, 0.15) is 0 Å². The molecule has 18 heavy (non-hydrogen) atoms. The topological polar surface area (TPSA) is 75.8 Å². The van der Waals surface area contributed by atoms with Crippen LogP contribution < -0.4 is 5.73 Å². The van der Waals surface area contributed by atoms with E-state index in [1.54, 1.807) is 0 Å². The van der Waals surface area contributed by atoms with Crippen LogP contribution in [0.4, 0.5) is 4.79 Å². The molecule has 0 aromatic heterocycles. The van der Waals surface area contributed by atoms with Crippen LogP contribution >= 0.6 is 11.6 Å². The molecule has 0 saturated carbocycles. The fourth-order valence-electron chi connectivity index (χ4n) is 2.05. The van der Waals surface area contributed by atoms with Crippen LogP contribution in [0.25, 0.3) is 0 Å². The molecule has 0 aliphatic carbocycles. The number of amides is 2. The lowest BCUT2D eigenvalue weighted by molar-refractivity contribution is -0.0788. The third-order valence-corrected chi connectivity index (χ3v) is 3.23. The second-order valence-corrected chi connectivity index (χ2v) is 4.73. The smallest absolute Gasteiger partial charge is 0.338 e. The van der Waals surface area contributed by atoms with Crippen LogP contribution in [0.3, 0.4) is 0 Å². The number of urea groups is 1. The highest BCUT2D eigenvalue weighted by atomic mass is 35.5. The number of nitrogens with zero attached hydrogens (tertiary/aromatic N) is 1. The zero-order valence-electron chi connectivity index (χ0n) is 9.75. The second-order valence-electron chi connectivity index (χ2n) is 4.30. The normalized spacial score (nSPS) is 23.0. The Kier molecular flexibility index (Phi) is 4.06. The molecule has 1 aliphatic heterocycles. The molecule has 5 nitrogen and oxygen atoms in total. The van der Waals surface area contributed by atoms with Gasteiger partial charge in [0.15, 0.2) is 0 Å². The van der Waals surface area contributed by atoms with Crippen LogP contribution in [-0.4, -0.2) is 29.0 Å². The van der Waals surface area contributed by atoms with Crippen LogP contribution in [0.5, 0.6) is 0 Å². The van der Waals surface area contributed by atoms with Crippen LogP contribution in [0, 0.1) is 0 Å². The maximum Gasteiger partial charge on any atom is 0.338 e. The average molecular weight is 271 g/mol. The van der Waals surface area contributed by atoms with Crippen molar-refractivity contribution in [2.75, 3.05) is 6.54 Å². The van der Waals surface area contributed by atoms with Crippen LogP contribution in [-0.2, 0) is 4.74 Å². The molecular formula is C12H15ClN2O3. The van der Waals surface area contributed by atoms with Crippen molar-refractivity contribution < 1.29 is 14.7 Å². The number of carbonyl (C=O) groups excluding carboxylic acids is 1. The molecule has 1 aliphatic rings. The number of rotatable bonds is 3. The molecule has 1 heterocycles. The minimum absolute atomic E-state index is 0.0199. The van der Waals surface area contributed by atoms with Gasteiger partial charge in [0.2, 0.25) is 0 Å². The summed E-state index contributed by atoms with van der Waals surface area (Å²) in [6, 6.07) is 6.60. The van der Waals surface area contributed by atoms with Gasteiger partial charge in [-0.25, -0.2) is 9.86 Å². The van der Waals surface area contributed by atoms with E-state index in [1.165, 1.54) is 0 Å². The van der Waals surface area contributed by atoms with Gasteiger partial charge in [-0.15, -0.1) is 0 Å². The quantitative estimate of drug-likeness (QED) is 0.654. The molecule has 1 aromatic rings. The summed E-state index contributed by atoms with van der Waals surface area (Å²) in [7, 11) is 0. The Hall–Kier alpha value is -1.30. The second kappa shape index (κ2) is 5.56. The number of carbonyl (C=O) groups is 1. The fourth-order valence-corrected chi connectivity index (χ4v) is 2.17. The maximum atomic E-state index is 10.7. The fraction of sp³-hybridized carbons (Fsp3) is 0.417. The van der Waals surface area contributed by atoms with Gasteiger partial charge in [0, 0.05) is 5.02 Å². The monoisotopic (exact) mass is 270 g/mol. The minimum Gasteiger partial charge on any atom is -0.368 e. The molecule has 0 radical (unpaired) electrons. The Bertz CT molecular complexity index is 424. The number of hydroxylamine groups is 2. The van der Waals surface area contributed by atoms with Crippen LogP contribution in [0.15, 0.2) is 24.3 Å². The van der Waals surface area contributed by atoms with Gasteiger partial charge in [0.05, 0.1) is 18.8 Å². The maximum absolute atomic E-state index is 10.7. The van der Waals surface area contributed by atoms with Crippen LogP contribution in [0.2, 0.25) is 5.02 Å². The number of halogens is 1. The number of benzene rings is 1. The van der Waals surface area contributed by atoms with E-state index in [-0.39, 0.29) is 18.8 Å². The summed E-state index contributed by atoms with van der Waals surface area (Å²) in [6.45, 7) is 0.0966. The first-order valence-corrected chi connectivity index (χ1v) is 6.11. The Morgan fingerprint density at radius 2 is 2.11 bits per heavy atom. The van der Waals surface area contributed by atoms with Gasteiger partial charge in [-0.05, 0) is 30.5 Å². The molecule has 2 atom stereocenters. The number of hydrogen-bond acceptors (Lipinski definition) is 3. The summed E-state index contributed by atoms with van der Waals surface area (Å²) in [6.07, 6.45) is 1.41. The summed E-state index contributed by atoms with van der Waals surface area (Å²) in [4.78, 5) is 10.7. The van der Waals surface area contributed by atoms with Gasteiger partial charge >= 0.3 is 6.03 Å². The Morgan fingerprint density at radius 1 is 1.44 bits per heavy atom. The number of hydrogen-bond donors (Lipinski definition) is 2. The first kappa shape index (κ1) is 13.1. The van der Waals surface area contributed by atoms with Crippen molar-refractivity contribution in [2.45, 2.75) is 25.0 Å². The van der Waals surface area contributed by atoms with Gasteiger partial charge in [-0.3, -0.25) is 5.21 Å². The summed E-state index contributed by atoms with van der Waals surface area (Å²) in [5, 5.41) is 10.4. The predicted octanol–water partition coefficient (Wildman–Crippen LogP) is 2.33. The number of nitrogens with two attached hydrogens (primary N) is 1. The molecule has 1 aromatic carbocycles. The van der Waals surface area contributed by atoms with E-state index in [0.717, 1.165) is 18.4 Å². The van der Waals surface area contributed by atoms with E-state index >= 15 is 0 Å². The van der Waals surface area contributed by atoms with E-state index in [2.05, 4.69) is 0 Å². The van der Waals surface area contributed by atoms with Gasteiger partial charge in [-0.2, -0.15) is 0 Å². The predicted molar refractivity (Wildman–Crippen MR) is 66.4 cm³/mol. The van der Waals surface area contributed by atoms with Crippen molar-refractivity contribution in [3.8, 4) is 0 Å². The van der Waals surface area contributed by atoms with E-state index in [4.69, 9.17) is 22.1 Å². The van der Waals surface area contributed by atoms with E-state index in [0.29, 0.717) is 10.1 Å². The van der Waals surface area contributed by atoms with Gasteiger partial charge in [0.25, 0.3) is 0 Å². The molecule has 6 heteroatoms. The molecule has 1 fully saturated rings. The van der Waals surface area contributed by atoms with E-state index < -0.39 is 6.03 Å². The van der Waals surface area contributed by atoms with Crippen LogP contribution in [0.1, 0.15) is 24.5 Å². The molecule has 2 rings (SSSR count). The minimum atomic E-state index is -0.867. The Labute approximate surface area is 110 Å². The standard InChI is InChI=1S/C12H15ClN2O3/c13-9-3-1-8(2-4-9)11-6-5-10(18-11)7-15(17)12(14)16/h1-4,10-11,17H,5-7H2,(H2,14,16). The van der Waals surface area contributed by atoms with E-state index in [9.17, 15) is 10.0 Å². The first-order chi connectivity index (χ1) is 8.56. The molecule has 2 amide bonds. The summed E-state index contributed by atoms with van der Waals surface area (Å²) in [5.74, 6) is 0. The lowest BCUT2D eigenvalue weighted by atomic mass is 10.1. The van der Waals surface area contributed by atoms with E-state index in [1.807, 2.05) is 24.3 Å². The molecule has 98 valence electrons. The number of ether oxygens (including phenoxy) is 1. The highest BCUT2D eigenvalue weighted by molar-refractivity contribution is 6.30. The lowest BCUT2D eigenvalue weighted by Crippen LogP contribution is -2.38. The van der Waals surface area contributed by atoms with Crippen molar-refractivity contribution in [3.63, 3.8) is 0 Å². The zero-order valence-corrected chi connectivity index (χ0v) is 10.5. The Morgan fingerprint density at radius 3 is 2.72 bits per heavy atom. The first-order valence-electron chi connectivity index (χ1n) is 5.73. The van der Waals surface area contributed by atoms with Crippen molar-refractivity contribution in [1.29, 1.82) is 0 Å². The van der Waals surface area contributed by atoms with Gasteiger partial charge < -0.3 is 10.5 Å². The molecule has 3 N–H and O–H groups in total.